The minimum Gasteiger partial charge on any atom is -0.497 e. The molecule has 2 aromatic rings. The van der Waals surface area contributed by atoms with Gasteiger partial charge in [-0.2, -0.15) is 0 Å². The van der Waals surface area contributed by atoms with Crippen molar-refractivity contribution in [3.8, 4) is 5.75 Å². The Morgan fingerprint density at radius 2 is 1.80 bits per heavy atom. The molecule has 1 unspecified atom stereocenters. The zero-order valence-electron chi connectivity index (χ0n) is 16.9. The van der Waals surface area contributed by atoms with E-state index in [-0.39, 0.29) is 17.5 Å². The number of nitrogens with one attached hydrogen (secondary N) is 2. The normalized spacial score (nSPS) is 18.6. The predicted molar refractivity (Wildman–Crippen MR) is 112 cm³/mol. The van der Waals surface area contributed by atoms with Gasteiger partial charge in [0.05, 0.1) is 7.11 Å². The van der Waals surface area contributed by atoms with Crippen LogP contribution in [0.3, 0.4) is 0 Å². The number of allylic oxidation sites excluding steroid dienone is 3. The fraction of sp³-hybridized carbons (Fsp3) is 0.250. The van der Waals surface area contributed by atoms with Crippen molar-refractivity contribution in [1.29, 1.82) is 0 Å². The molecule has 2 aliphatic rings. The van der Waals surface area contributed by atoms with E-state index in [1.807, 2.05) is 31.2 Å². The summed E-state index contributed by atoms with van der Waals surface area (Å²) in [6.45, 7) is 1.85. The lowest BCUT2D eigenvalue weighted by Crippen LogP contribution is -2.35. The molecule has 1 atom stereocenters. The van der Waals surface area contributed by atoms with Crippen molar-refractivity contribution in [1.82, 2.24) is 5.32 Å². The standard InChI is InChI=1S/C24H23FN2O3/c1-14-21(24(29)27-17-10-8-16(25)9-11-17)22(15-6-12-18(30-2)13-7-15)23-19(26-14)4-3-5-20(23)28/h6-13,22,26H,3-5H2,1-2H3,(H,27,29). The van der Waals surface area contributed by atoms with E-state index < -0.39 is 5.92 Å². The Hall–Kier alpha value is -3.41. The highest BCUT2D eigenvalue weighted by atomic mass is 19.1. The molecule has 0 radical (unpaired) electrons. The summed E-state index contributed by atoms with van der Waals surface area (Å²) in [5.74, 6) is -0.404. The largest absolute Gasteiger partial charge is 0.497 e. The third-order valence-corrected chi connectivity index (χ3v) is 5.57. The number of ketones is 1. The molecule has 0 saturated heterocycles. The van der Waals surface area contributed by atoms with Crippen LogP contribution in [-0.4, -0.2) is 18.8 Å². The van der Waals surface area contributed by atoms with Gasteiger partial charge in [0.25, 0.3) is 5.91 Å². The van der Waals surface area contributed by atoms with Crippen LogP contribution in [0.25, 0.3) is 0 Å². The van der Waals surface area contributed by atoms with Gasteiger partial charge in [-0.1, -0.05) is 12.1 Å². The van der Waals surface area contributed by atoms with Crippen molar-refractivity contribution in [3.05, 3.63) is 82.5 Å². The molecule has 1 aliphatic heterocycles. The van der Waals surface area contributed by atoms with Gasteiger partial charge in [-0.15, -0.1) is 0 Å². The maximum Gasteiger partial charge on any atom is 0.254 e. The van der Waals surface area contributed by atoms with E-state index in [9.17, 15) is 14.0 Å². The van der Waals surface area contributed by atoms with Crippen molar-refractivity contribution in [2.24, 2.45) is 0 Å². The lowest BCUT2D eigenvalue weighted by Gasteiger charge is -2.34. The highest BCUT2D eigenvalue weighted by molar-refractivity contribution is 6.09. The molecule has 4 rings (SSSR count). The second-order valence-corrected chi connectivity index (χ2v) is 7.50. The molecule has 1 aliphatic carbocycles. The number of halogens is 1. The molecule has 2 N–H and O–H groups in total. The molecule has 5 nitrogen and oxygen atoms in total. The Labute approximate surface area is 174 Å². The van der Waals surface area contributed by atoms with Crippen LogP contribution in [0.1, 0.15) is 37.7 Å². The summed E-state index contributed by atoms with van der Waals surface area (Å²) in [5.41, 5.74) is 4.08. The van der Waals surface area contributed by atoms with Gasteiger partial charge in [-0.3, -0.25) is 9.59 Å². The number of hydrogen-bond acceptors (Lipinski definition) is 4. The van der Waals surface area contributed by atoms with Gasteiger partial charge in [0.2, 0.25) is 0 Å². The average molecular weight is 406 g/mol. The van der Waals surface area contributed by atoms with Crippen LogP contribution in [-0.2, 0) is 9.59 Å². The van der Waals surface area contributed by atoms with Crippen LogP contribution < -0.4 is 15.4 Å². The molecule has 0 bridgehead atoms. The second-order valence-electron chi connectivity index (χ2n) is 7.50. The summed E-state index contributed by atoms with van der Waals surface area (Å²) < 4.78 is 18.5. The topological polar surface area (TPSA) is 67.4 Å². The Morgan fingerprint density at radius 3 is 2.47 bits per heavy atom. The summed E-state index contributed by atoms with van der Waals surface area (Å²) in [6, 6.07) is 13.0. The Kier molecular flexibility index (Phi) is 5.40. The van der Waals surface area contributed by atoms with Crippen molar-refractivity contribution in [2.75, 3.05) is 12.4 Å². The summed E-state index contributed by atoms with van der Waals surface area (Å²) in [4.78, 5) is 26.2. The number of anilines is 1. The maximum atomic E-state index is 13.3. The maximum absolute atomic E-state index is 13.3. The van der Waals surface area contributed by atoms with Gasteiger partial charge < -0.3 is 15.4 Å². The zero-order valence-corrected chi connectivity index (χ0v) is 16.9. The molecular formula is C24H23FN2O3. The third kappa shape index (κ3) is 3.73. The van der Waals surface area contributed by atoms with Crippen molar-refractivity contribution in [3.63, 3.8) is 0 Å². The third-order valence-electron chi connectivity index (χ3n) is 5.57. The molecule has 2 aromatic carbocycles. The molecule has 154 valence electrons. The molecule has 30 heavy (non-hydrogen) atoms. The summed E-state index contributed by atoms with van der Waals surface area (Å²) in [7, 11) is 1.59. The van der Waals surface area contributed by atoms with E-state index in [2.05, 4.69) is 10.6 Å². The minimum atomic E-state index is -0.472. The van der Waals surface area contributed by atoms with Crippen LogP contribution in [0.15, 0.2) is 71.1 Å². The van der Waals surface area contributed by atoms with Crippen LogP contribution in [0, 0.1) is 5.82 Å². The van der Waals surface area contributed by atoms with Gasteiger partial charge >= 0.3 is 0 Å². The van der Waals surface area contributed by atoms with Crippen LogP contribution in [0.2, 0.25) is 0 Å². The smallest absolute Gasteiger partial charge is 0.254 e. The number of carbonyl (C=O) groups is 2. The minimum absolute atomic E-state index is 0.0594. The lowest BCUT2D eigenvalue weighted by molar-refractivity contribution is -0.116. The number of dihydropyridines is 1. The van der Waals surface area contributed by atoms with Crippen molar-refractivity contribution in [2.45, 2.75) is 32.1 Å². The van der Waals surface area contributed by atoms with E-state index >= 15 is 0 Å². The number of Topliss-reactive ketones (excluding diaryl/α,β-unsaturated/α-hetero) is 1. The first kappa shape index (κ1) is 19.9. The predicted octanol–water partition coefficient (Wildman–Crippen LogP) is 4.44. The molecule has 0 saturated carbocycles. The van der Waals surface area contributed by atoms with Crippen LogP contribution in [0.5, 0.6) is 5.75 Å². The fourth-order valence-corrected chi connectivity index (χ4v) is 4.15. The molecule has 0 spiro atoms. The van der Waals surface area contributed by atoms with E-state index in [4.69, 9.17) is 4.74 Å². The molecule has 1 heterocycles. The first-order chi connectivity index (χ1) is 14.5. The number of amides is 1. The zero-order chi connectivity index (χ0) is 21.3. The number of benzene rings is 2. The van der Waals surface area contributed by atoms with E-state index in [1.54, 1.807) is 7.11 Å². The van der Waals surface area contributed by atoms with Crippen molar-refractivity contribution >= 4 is 17.4 Å². The number of hydrogen-bond donors (Lipinski definition) is 2. The quantitative estimate of drug-likeness (QED) is 0.788. The lowest BCUT2D eigenvalue weighted by atomic mass is 9.75. The summed E-state index contributed by atoms with van der Waals surface area (Å²) >= 11 is 0. The van der Waals surface area contributed by atoms with Gasteiger partial charge in [-0.25, -0.2) is 4.39 Å². The number of rotatable bonds is 4. The van der Waals surface area contributed by atoms with E-state index in [0.29, 0.717) is 34.7 Å². The SMILES string of the molecule is COc1ccc(C2C(C(=O)Nc3ccc(F)cc3)=C(C)NC3=C2C(=O)CCC3)cc1. The Bertz CT molecular complexity index is 1050. The number of ether oxygens (including phenoxy) is 1. The number of carbonyl (C=O) groups excluding carboxylic acids is 2. The molecule has 6 heteroatoms. The Morgan fingerprint density at radius 1 is 1.10 bits per heavy atom. The van der Waals surface area contributed by atoms with Gasteiger partial charge in [0, 0.05) is 40.6 Å². The molecule has 0 fully saturated rings. The van der Waals surface area contributed by atoms with Gasteiger partial charge in [-0.05, 0) is 61.7 Å². The summed E-state index contributed by atoms with van der Waals surface area (Å²) in [5, 5.41) is 6.13. The first-order valence-corrected chi connectivity index (χ1v) is 9.93. The summed E-state index contributed by atoms with van der Waals surface area (Å²) in [6.07, 6.45) is 2.04. The molecule has 1 amide bonds. The number of methoxy groups -OCH3 is 1. The fourth-order valence-electron chi connectivity index (χ4n) is 4.15. The average Bonchev–Trinajstić information content (AvgIpc) is 2.74. The van der Waals surface area contributed by atoms with E-state index in [0.717, 1.165) is 24.1 Å². The molecule has 0 aromatic heterocycles. The molecular weight excluding hydrogens is 383 g/mol. The monoisotopic (exact) mass is 406 g/mol. The van der Waals surface area contributed by atoms with Crippen LogP contribution >= 0.6 is 0 Å². The first-order valence-electron chi connectivity index (χ1n) is 9.93. The Balaban J connectivity index is 1.76. The van der Waals surface area contributed by atoms with Crippen molar-refractivity contribution < 1.29 is 18.7 Å². The van der Waals surface area contributed by atoms with Gasteiger partial charge in [0.15, 0.2) is 5.78 Å². The van der Waals surface area contributed by atoms with Gasteiger partial charge in [0.1, 0.15) is 11.6 Å². The van der Waals surface area contributed by atoms with Crippen LogP contribution in [0.4, 0.5) is 10.1 Å². The highest BCUT2D eigenvalue weighted by Gasteiger charge is 2.38. The second kappa shape index (κ2) is 8.14. The highest BCUT2D eigenvalue weighted by Crippen LogP contribution is 2.42. The van der Waals surface area contributed by atoms with E-state index in [1.165, 1.54) is 24.3 Å².